The van der Waals surface area contributed by atoms with Crippen molar-refractivity contribution in [1.82, 2.24) is 5.32 Å². The molecule has 2 amide bonds. The summed E-state index contributed by atoms with van der Waals surface area (Å²) in [6, 6.07) is 11.1. The molecule has 0 fully saturated rings. The number of carbonyl (C=O) groups is 2. The van der Waals surface area contributed by atoms with Gasteiger partial charge in [-0.2, -0.15) is 0 Å². The number of anilines is 1. The minimum absolute atomic E-state index is 0.0925. The first-order valence-corrected chi connectivity index (χ1v) is 9.55. The number of carbonyl (C=O) groups excluding carboxylic acids is 2. The maximum atomic E-state index is 12.4. The summed E-state index contributed by atoms with van der Waals surface area (Å²) >= 11 is 1.40. The van der Waals surface area contributed by atoms with E-state index in [1.807, 2.05) is 24.3 Å². The van der Waals surface area contributed by atoms with Gasteiger partial charge in [-0.25, -0.2) is 0 Å². The highest BCUT2D eigenvalue weighted by Gasteiger charge is 2.28. The molecule has 2 aromatic carbocycles. The van der Waals surface area contributed by atoms with E-state index in [4.69, 9.17) is 14.2 Å². The molecule has 8 heteroatoms. The Balaban J connectivity index is 1.63. The van der Waals surface area contributed by atoms with E-state index >= 15 is 0 Å². The summed E-state index contributed by atoms with van der Waals surface area (Å²) in [5.41, 5.74) is 1.58. The Hall–Kier alpha value is -2.87. The van der Waals surface area contributed by atoms with Crippen molar-refractivity contribution >= 4 is 29.3 Å². The Kier molecular flexibility index (Phi) is 6.30. The normalized spacial score (nSPS) is 15.2. The molecule has 2 aromatic rings. The summed E-state index contributed by atoms with van der Waals surface area (Å²) in [5, 5.41) is 5.23. The van der Waals surface area contributed by atoms with Crippen molar-refractivity contribution in [2.45, 2.75) is 23.1 Å². The Morgan fingerprint density at radius 3 is 2.43 bits per heavy atom. The molecule has 28 heavy (non-hydrogen) atoms. The lowest BCUT2D eigenvalue weighted by Crippen LogP contribution is -2.34. The standard InChI is InChI=1S/C20H22N2O5S/c1-25-14-8-12(9-15(26-2)19(14)27-3)11-21-18(23)10-17-20(24)22-13-6-4-5-7-16(13)28-17/h4-9,17H,10-11H2,1-3H3,(H,21,23)(H,22,24)/t17-/m1/s1. The highest BCUT2D eigenvalue weighted by molar-refractivity contribution is 8.01. The van der Waals surface area contributed by atoms with E-state index in [2.05, 4.69) is 10.6 Å². The summed E-state index contributed by atoms with van der Waals surface area (Å²) < 4.78 is 15.9. The van der Waals surface area contributed by atoms with Gasteiger partial charge in [0.25, 0.3) is 0 Å². The number of hydrogen-bond acceptors (Lipinski definition) is 6. The molecule has 0 bridgehead atoms. The van der Waals surface area contributed by atoms with Crippen molar-refractivity contribution in [3.63, 3.8) is 0 Å². The third-order valence-corrected chi connectivity index (χ3v) is 5.57. The second kappa shape index (κ2) is 8.88. The number of rotatable bonds is 7. The summed E-state index contributed by atoms with van der Waals surface area (Å²) in [6.45, 7) is 0.283. The molecule has 0 spiro atoms. The maximum Gasteiger partial charge on any atom is 0.238 e. The van der Waals surface area contributed by atoms with Gasteiger partial charge in [-0.05, 0) is 29.8 Å². The summed E-state index contributed by atoms with van der Waals surface area (Å²) in [7, 11) is 4.61. The highest BCUT2D eigenvalue weighted by atomic mass is 32.2. The fraction of sp³-hybridized carbons (Fsp3) is 0.300. The van der Waals surface area contributed by atoms with Crippen LogP contribution in [0.3, 0.4) is 0 Å². The van der Waals surface area contributed by atoms with Crippen LogP contribution in [0.5, 0.6) is 17.2 Å². The average Bonchev–Trinajstić information content (AvgIpc) is 2.71. The van der Waals surface area contributed by atoms with Crippen LogP contribution in [-0.4, -0.2) is 38.4 Å². The molecule has 0 saturated heterocycles. The molecule has 1 aliphatic rings. The summed E-state index contributed by atoms with van der Waals surface area (Å²) in [5.74, 6) is 1.16. The lowest BCUT2D eigenvalue weighted by atomic mass is 10.1. The Morgan fingerprint density at radius 1 is 1.11 bits per heavy atom. The zero-order valence-corrected chi connectivity index (χ0v) is 16.7. The lowest BCUT2D eigenvalue weighted by Gasteiger charge is -2.23. The van der Waals surface area contributed by atoms with Crippen molar-refractivity contribution < 1.29 is 23.8 Å². The van der Waals surface area contributed by atoms with Crippen molar-refractivity contribution in [2.24, 2.45) is 0 Å². The van der Waals surface area contributed by atoms with E-state index in [0.29, 0.717) is 17.2 Å². The SMILES string of the molecule is COc1cc(CNC(=O)C[C@H]2Sc3ccccc3NC2=O)cc(OC)c1OC. The predicted molar refractivity (Wildman–Crippen MR) is 107 cm³/mol. The number of hydrogen-bond donors (Lipinski definition) is 2. The van der Waals surface area contributed by atoms with E-state index in [0.717, 1.165) is 16.1 Å². The minimum Gasteiger partial charge on any atom is -0.493 e. The summed E-state index contributed by atoms with van der Waals surface area (Å²) in [4.78, 5) is 25.6. The van der Waals surface area contributed by atoms with Crippen molar-refractivity contribution in [2.75, 3.05) is 26.6 Å². The van der Waals surface area contributed by atoms with Crippen LogP contribution < -0.4 is 24.8 Å². The highest BCUT2D eigenvalue weighted by Crippen LogP contribution is 2.38. The van der Waals surface area contributed by atoms with Crippen LogP contribution in [0.2, 0.25) is 0 Å². The quantitative estimate of drug-likeness (QED) is 0.741. The molecule has 0 aliphatic carbocycles. The molecule has 3 rings (SSSR count). The van der Waals surface area contributed by atoms with Crippen LogP contribution in [0.1, 0.15) is 12.0 Å². The van der Waals surface area contributed by atoms with E-state index < -0.39 is 5.25 Å². The summed E-state index contributed by atoms with van der Waals surface area (Å²) in [6.07, 6.45) is 0.0925. The van der Waals surface area contributed by atoms with Gasteiger partial charge in [-0.3, -0.25) is 9.59 Å². The van der Waals surface area contributed by atoms with Crippen LogP contribution in [-0.2, 0) is 16.1 Å². The molecule has 148 valence electrons. The molecule has 0 saturated carbocycles. The zero-order chi connectivity index (χ0) is 20.1. The third kappa shape index (κ3) is 4.33. The van der Waals surface area contributed by atoms with E-state index in [9.17, 15) is 9.59 Å². The first-order chi connectivity index (χ1) is 13.5. The van der Waals surface area contributed by atoms with Crippen LogP contribution in [0.4, 0.5) is 5.69 Å². The van der Waals surface area contributed by atoms with E-state index in [1.54, 1.807) is 12.1 Å². The smallest absolute Gasteiger partial charge is 0.238 e. The Morgan fingerprint density at radius 2 is 1.79 bits per heavy atom. The second-order valence-corrected chi connectivity index (χ2v) is 7.35. The number of thioether (sulfide) groups is 1. The number of benzene rings is 2. The molecular formula is C20H22N2O5S. The molecule has 0 aromatic heterocycles. The van der Waals surface area contributed by atoms with Gasteiger partial charge < -0.3 is 24.8 Å². The first-order valence-electron chi connectivity index (χ1n) is 8.67. The van der Waals surface area contributed by atoms with Crippen molar-refractivity contribution in [1.29, 1.82) is 0 Å². The van der Waals surface area contributed by atoms with Crippen LogP contribution in [0, 0.1) is 0 Å². The topological polar surface area (TPSA) is 85.9 Å². The largest absolute Gasteiger partial charge is 0.493 e. The second-order valence-electron chi connectivity index (χ2n) is 6.11. The zero-order valence-electron chi connectivity index (χ0n) is 15.9. The lowest BCUT2D eigenvalue weighted by molar-refractivity contribution is -0.124. The third-order valence-electron chi connectivity index (χ3n) is 4.29. The monoisotopic (exact) mass is 402 g/mol. The first kappa shape index (κ1) is 19.9. The molecule has 7 nitrogen and oxygen atoms in total. The molecule has 1 atom stereocenters. The van der Waals surface area contributed by atoms with Gasteiger partial charge >= 0.3 is 0 Å². The molecule has 1 heterocycles. The molecule has 0 unspecified atom stereocenters. The van der Waals surface area contributed by atoms with Gasteiger partial charge in [0.15, 0.2) is 11.5 Å². The van der Waals surface area contributed by atoms with Crippen LogP contribution in [0.25, 0.3) is 0 Å². The van der Waals surface area contributed by atoms with Crippen molar-refractivity contribution in [3.05, 3.63) is 42.0 Å². The molecular weight excluding hydrogens is 380 g/mol. The van der Waals surface area contributed by atoms with Crippen molar-refractivity contribution in [3.8, 4) is 17.2 Å². The fourth-order valence-corrected chi connectivity index (χ4v) is 4.02. The Labute approximate surface area is 167 Å². The number of para-hydroxylation sites is 1. The molecule has 0 radical (unpaired) electrons. The number of amides is 2. The van der Waals surface area contributed by atoms with E-state index in [-0.39, 0.29) is 24.8 Å². The predicted octanol–water partition coefficient (Wildman–Crippen LogP) is 2.83. The molecule has 2 N–H and O–H groups in total. The van der Waals surface area contributed by atoms with Crippen LogP contribution in [0.15, 0.2) is 41.3 Å². The van der Waals surface area contributed by atoms with E-state index in [1.165, 1.54) is 33.1 Å². The average molecular weight is 402 g/mol. The Bertz CT molecular complexity index is 862. The maximum absolute atomic E-state index is 12.4. The van der Waals surface area contributed by atoms with Gasteiger partial charge in [0.1, 0.15) is 0 Å². The molecule has 1 aliphatic heterocycles. The fourth-order valence-electron chi connectivity index (χ4n) is 2.91. The van der Waals surface area contributed by atoms with Gasteiger partial charge in [-0.1, -0.05) is 12.1 Å². The van der Waals surface area contributed by atoms with Gasteiger partial charge in [-0.15, -0.1) is 11.8 Å². The van der Waals surface area contributed by atoms with Gasteiger partial charge in [0.2, 0.25) is 17.6 Å². The van der Waals surface area contributed by atoms with Gasteiger partial charge in [0, 0.05) is 17.9 Å². The number of nitrogens with one attached hydrogen (secondary N) is 2. The van der Waals surface area contributed by atoms with Crippen LogP contribution >= 0.6 is 11.8 Å². The van der Waals surface area contributed by atoms with Gasteiger partial charge in [0.05, 0.1) is 32.3 Å². The number of ether oxygens (including phenoxy) is 3. The number of fused-ring (bicyclic) bond motifs is 1. The number of methoxy groups -OCH3 is 3. The minimum atomic E-state index is -0.463.